The fourth-order valence-electron chi connectivity index (χ4n) is 4.01. The van der Waals surface area contributed by atoms with E-state index in [9.17, 15) is 13.2 Å². The molecule has 4 rings (SSSR count). The van der Waals surface area contributed by atoms with Gasteiger partial charge in [-0.15, -0.1) is 0 Å². The maximum Gasteiger partial charge on any atom is 0.260 e. The van der Waals surface area contributed by atoms with Gasteiger partial charge in [-0.05, 0) is 49.6 Å². The highest BCUT2D eigenvalue weighted by molar-refractivity contribution is 7.89. The Labute approximate surface area is 200 Å². The van der Waals surface area contributed by atoms with Gasteiger partial charge in [0.2, 0.25) is 10.0 Å². The van der Waals surface area contributed by atoms with E-state index in [4.69, 9.17) is 4.52 Å². The molecule has 1 aromatic heterocycles. The van der Waals surface area contributed by atoms with E-state index < -0.39 is 15.9 Å². The number of nitrogens with one attached hydrogen (secondary N) is 1. The van der Waals surface area contributed by atoms with Crippen LogP contribution in [-0.4, -0.2) is 41.9 Å². The fourth-order valence-corrected chi connectivity index (χ4v) is 5.57. The average molecular weight is 483 g/mol. The lowest BCUT2D eigenvalue weighted by atomic mass is 10.1. The zero-order chi connectivity index (χ0) is 24.3. The number of rotatable bonds is 6. The highest BCUT2D eigenvalue weighted by atomic mass is 32.2. The minimum absolute atomic E-state index is 0.106. The first kappa shape index (κ1) is 24.1. The van der Waals surface area contributed by atoms with Gasteiger partial charge in [-0.2, -0.15) is 9.29 Å². The van der Waals surface area contributed by atoms with Crippen molar-refractivity contribution in [2.45, 2.75) is 57.3 Å². The van der Waals surface area contributed by atoms with E-state index in [0.29, 0.717) is 36.1 Å². The van der Waals surface area contributed by atoms with Gasteiger partial charge in [0.15, 0.2) is 5.82 Å². The molecule has 180 valence electrons. The summed E-state index contributed by atoms with van der Waals surface area (Å²) in [6.07, 6.45) is 3.77. The number of hydrogen-bond donors (Lipinski definition) is 1. The number of nitrogens with zero attached hydrogens (tertiary/aromatic N) is 3. The maximum absolute atomic E-state index is 13.2. The summed E-state index contributed by atoms with van der Waals surface area (Å²) in [5.74, 6) is 0.599. The minimum Gasteiger partial charge on any atom is -0.334 e. The molecule has 0 bridgehead atoms. The van der Waals surface area contributed by atoms with Crippen LogP contribution in [-0.2, 0) is 10.0 Å². The Kier molecular flexibility index (Phi) is 7.13. The third kappa shape index (κ3) is 5.05. The quantitative estimate of drug-likeness (QED) is 0.531. The third-order valence-electron chi connectivity index (χ3n) is 6.00. The van der Waals surface area contributed by atoms with Crippen LogP contribution in [0, 0.1) is 6.92 Å². The van der Waals surface area contributed by atoms with Crippen molar-refractivity contribution in [3.05, 3.63) is 59.4 Å². The summed E-state index contributed by atoms with van der Waals surface area (Å²) in [6, 6.07) is 11.7. The Bertz CT molecular complexity index is 1280. The number of amides is 1. The first-order valence-corrected chi connectivity index (χ1v) is 13.1. The molecule has 1 aliphatic heterocycles. The Morgan fingerprint density at radius 3 is 2.44 bits per heavy atom. The molecule has 1 N–H and O–H groups in total. The highest BCUT2D eigenvalue weighted by Gasteiger charge is 2.26. The van der Waals surface area contributed by atoms with Gasteiger partial charge in [0.1, 0.15) is 0 Å². The number of carbonyl (C=O) groups is 1. The maximum atomic E-state index is 13.2. The molecule has 0 unspecified atom stereocenters. The molecule has 1 amide bonds. The van der Waals surface area contributed by atoms with Gasteiger partial charge in [-0.1, -0.05) is 50.0 Å². The second-order valence-electron chi connectivity index (χ2n) is 8.91. The van der Waals surface area contributed by atoms with Gasteiger partial charge < -0.3 is 9.84 Å². The van der Waals surface area contributed by atoms with Crippen molar-refractivity contribution in [3.63, 3.8) is 0 Å². The van der Waals surface area contributed by atoms with Gasteiger partial charge in [0.25, 0.3) is 11.8 Å². The molecule has 2 aromatic carbocycles. The van der Waals surface area contributed by atoms with E-state index in [2.05, 4.69) is 15.5 Å². The second kappa shape index (κ2) is 10.1. The van der Waals surface area contributed by atoms with Crippen LogP contribution in [0.25, 0.3) is 11.5 Å². The Morgan fingerprint density at radius 2 is 1.76 bits per heavy atom. The van der Waals surface area contributed by atoms with Crippen molar-refractivity contribution in [2.24, 2.45) is 0 Å². The number of hydrogen-bond acceptors (Lipinski definition) is 6. The average Bonchev–Trinajstić information content (AvgIpc) is 3.15. The smallest absolute Gasteiger partial charge is 0.260 e. The molecule has 34 heavy (non-hydrogen) atoms. The lowest BCUT2D eigenvalue weighted by Crippen LogP contribution is -2.32. The zero-order valence-corrected chi connectivity index (χ0v) is 20.6. The lowest BCUT2D eigenvalue weighted by molar-refractivity contribution is 0.102. The SMILES string of the molecule is Cc1cccc(-c2nc(C(C)C)no2)c1NC(=O)c1cccc(S(=O)(=O)N2CCCCCC2)c1. The van der Waals surface area contributed by atoms with Gasteiger partial charge in [-0.25, -0.2) is 8.42 Å². The second-order valence-corrected chi connectivity index (χ2v) is 10.8. The van der Waals surface area contributed by atoms with Crippen LogP contribution in [0.3, 0.4) is 0 Å². The fraction of sp³-hybridized carbons (Fsp3) is 0.400. The summed E-state index contributed by atoms with van der Waals surface area (Å²) in [5, 5.41) is 6.94. The van der Waals surface area contributed by atoms with Crippen molar-refractivity contribution in [1.29, 1.82) is 0 Å². The monoisotopic (exact) mass is 482 g/mol. The van der Waals surface area contributed by atoms with Crippen LogP contribution >= 0.6 is 0 Å². The normalized spacial score (nSPS) is 15.3. The summed E-state index contributed by atoms with van der Waals surface area (Å²) in [4.78, 5) is 17.8. The molecule has 2 heterocycles. The molecular formula is C25H30N4O4S. The molecule has 0 aliphatic carbocycles. The minimum atomic E-state index is -3.66. The van der Waals surface area contributed by atoms with Crippen molar-refractivity contribution in [1.82, 2.24) is 14.4 Å². The van der Waals surface area contributed by atoms with Gasteiger partial charge in [0, 0.05) is 24.6 Å². The van der Waals surface area contributed by atoms with Crippen LogP contribution in [0.5, 0.6) is 0 Å². The third-order valence-corrected chi connectivity index (χ3v) is 7.89. The number of carbonyl (C=O) groups excluding carboxylic acids is 1. The first-order valence-electron chi connectivity index (χ1n) is 11.6. The van der Waals surface area contributed by atoms with E-state index in [-0.39, 0.29) is 16.4 Å². The number of benzene rings is 2. The Morgan fingerprint density at radius 1 is 1.06 bits per heavy atom. The number of anilines is 1. The summed E-state index contributed by atoms with van der Waals surface area (Å²) in [7, 11) is -3.66. The first-order chi connectivity index (χ1) is 16.3. The van der Waals surface area contributed by atoms with Crippen molar-refractivity contribution >= 4 is 21.6 Å². The molecule has 0 saturated carbocycles. The van der Waals surface area contributed by atoms with E-state index in [0.717, 1.165) is 31.2 Å². The molecular weight excluding hydrogens is 452 g/mol. The van der Waals surface area contributed by atoms with Crippen LogP contribution in [0.15, 0.2) is 51.9 Å². The van der Waals surface area contributed by atoms with E-state index in [1.807, 2.05) is 32.9 Å². The highest BCUT2D eigenvalue weighted by Crippen LogP contribution is 2.31. The topological polar surface area (TPSA) is 105 Å². The Balaban J connectivity index is 1.62. The van der Waals surface area contributed by atoms with Crippen LogP contribution in [0.4, 0.5) is 5.69 Å². The summed E-state index contributed by atoms with van der Waals surface area (Å²) in [6.45, 7) is 6.83. The van der Waals surface area contributed by atoms with E-state index in [1.165, 1.54) is 10.4 Å². The van der Waals surface area contributed by atoms with Gasteiger partial charge >= 0.3 is 0 Å². The molecule has 0 atom stereocenters. The number of aromatic nitrogens is 2. The Hall–Kier alpha value is -3.04. The molecule has 8 nitrogen and oxygen atoms in total. The van der Waals surface area contributed by atoms with Crippen molar-refractivity contribution in [2.75, 3.05) is 18.4 Å². The molecule has 1 fully saturated rings. The zero-order valence-electron chi connectivity index (χ0n) is 19.7. The molecule has 1 saturated heterocycles. The van der Waals surface area contributed by atoms with Crippen LogP contribution in [0.1, 0.15) is 67.2 Å². The van der Waals surface area contributed by atoms with E-state index >= 15 is 0 Å². The summed E-state index contributed by atoms with van der Waals surface area (Å²) < 4.78 is 33.3. The largest absolute Gasteiger partial charge is 0.334 e. The summed E-state index contributed by atoms with van der Waals surface area (Å²) in [5.41, 5.74) is 2.25. The standard InChI is InChI=1S/C25H30N4O4S/c1-17(2)23-27-25(33-28-23)21-13-8-10-18(3)22(21)26-24(30)19-11-9-12-20(16-19)34(31,32)29-14-6-4-5-7-15-29/h8-13,16-17H,4-7,14-15H2,1-3H3,(H,26,30). The van der Waals surface area contributed by atoms with Crippen LogP contribution in [0.2, 0.25) is 0 Å². The van der Waals surface area contributed by atoms with Gasteiger partial charge in [0.05, 0.1) is 16.1 Å². The predicted octanol–water partition coefficient (Wildman–Crippen LogP) is 4.99. The molecule has 1 aliphatic rings. The predicted molar refractivity (Wildman–Crippen MR) is 130 cm³/mol. The number of para-hydroxylation sites is 1. The van der Waals surface area contributed by atoms with Crippen molar-refractivity contribution in [3.8, 4) is 11.5 Å². The molecule has 3 aromatic rings. The van der Waals surface area contributed by atoms with E-state index in [1.54, 1.807) is 24.3 Å². The molecule has 0 spiro atoms. The molecule has 9 heteroatoms. The lowest BCUT2D eigenvalue weighted by Gasteiger charge is -2.20. The van der Waals surface area contributed by atoms with Gasteiger partial charge in [-0.3, -0.25) is 4.79 Å². The number of aryl methyl sites for hydroxylation is 1. The number of sulfonamides is 1. The van der Waals surface area contributed by atoms with Crippen LogP contribution < -0.4 is 5.32 Å². The van der Waals surface area contributed by atoms with Crippen molar-refractivity contribution < 1.29 is 17.7 Å². The summed E-state index contributed by atoms with van der Waals surface area (Å²) >= 11 is 0. The molecule has 0 radical (unpaired) electrons.